The van der Waals surface area contributed by atoms with Gasteiger partial charge in [0.25, 0.3) is 0 Å². The Morgan fingerprint density at radius 1 is 1.42 bits per heavy atom. The summed E-state index contributed by atoms with van der Waals surface area (Å²) in [6, 6.07) is 0. The molecule has 2 atom stereocenters. The van der Waals surface area contributed by atoms with Crippen LogP contribution in [0.5, 0.6) is 0 Å². The van der Waals surface area contributed by atoms with E-state index in [-0.39, 0.29) is 18.4 Å². The third-order valence-electron chi connectivity index (χ3n) is 3.43. The van der Waals surface area contributed by atoms with Crippen LogP contribution in [0.3, 0.4) is 0 Å². The number of rotatable bonds is 8. The molecule has 5 heteroatoms. The molecule has 0 saturated carbocycles. The van der Waals surface area contributed by atoms with Gasteiger partial charge in [0.15, 0.2) is 0 Å². The van der Waals surface area contributed by atoms with Crippen molar-refractivity contribution in [3.8, 4) is 0 Å². The molecule has 0 radical (unpaired) electrons. The summed E-state index contributed by atoms with van der Waals surface area (Å²) in [5.74, 6) is 0. The number of carbonyl (C=O) groups is 1. The van der Waals surface area contributed by atoms with Crippen molar-refractivity contribution in [3.05, 3.63) is 0 Å². The maximum atomic E-state index is 11.6. The summed E-state index contributed by atoms with van der Waals surface area (Å²) in [4.78, 5) is 13.8. The lowest BCUT2D eigenvalue weighted by atomic mass is 10.2. The van der Waals surface area contributed by atoms with E-state index in [0.29, 0.717) is 13.2 Å². The first-order valence-corrected chi connectivity index (χ1v) is 7.49. The second-order valence-electron chi connectivity index (χ2n) is 4.99. The largest absolute Gasteiger partial charge is 0.442 e. The van der Waals surface area contributed by atoms with Crippen LogP contribution in [0, 0.1) is 0 Å². The Morgan fingerprint density at radius 3 is 2.89 bits per heavy atom. The van der Waals surface area contributed by atoms with Crippen molar-refractivity contribution >= 4 is 6.09 Å². The number of hydrogen-bond acceptors (Lipinski definition) is 4. The molecule has 0 bridgehead atoms. The smallest absolute Gasteiger partial charge is 0.407 e. The molecule has 2 unspecified atom stereocenters. The first kappa shape index (κ1) is 16.2. The Balaban J connectivity index is 2.16. The van der Waals surface area contributed by atoms with Crippen LogP contribution in [0.1, 0.15) is 46.5 Å². The second-order valence-corrected chi connectivity index (χ2v) is 4.99. The Kier molecular flexibility index (Phi) is 7.82. The topological polar surface area (TPSA) is 50.8 Å². The predicted molar refractivity (Wildman–Crippen MR) is 75.1 cm³/mol. The van der Waals surface area contributed by atoms with Gasteiger partial charge in [0.05, 0.1) is 6.61 Å². The van der Waals surface area contributed by atoms with Gasteiger partial charge in [-0.25, -0.2) is 4.79 Å². The zero-order valence-corrected chi connectivity index (χ0v) is 12.5. The molecule has 1 fully saturated rings. The number of amides is 1. The normalized spacial score (nSPS) is 21.3. The van der Waals surface area contributed by atoms with Gasteiger partial charge in [0.1, 0.15) is 12.3 Å². The van der Waals surface area contributed by atoms with E-state index >= 15 is 0 Å². The zero-order chi connectivity index (χ0) is 14.1. The minimum atomic E-state index is -0.337. The lowest BCUT2D eigenvalue weighted by molar-refractivity contribution is -0.0581. The minimum Gasteiger partial charge on any atom is -0.442 e. The van der Waals surface area contributed by atoms with E-state index in [1.807, 2.05) is 6.92 Å². The molecule has 0 aromatic rings. The Morgan fingerprint density at radius 2 is 2.21 bits per heavy atom. The Labute approximate surface area is 116 Å². The summed E-state index contributed by atoms with van der Waals surface area (Å²) in [5.41, 5.74) is 0. The van der Waals surface area contributed by atoms with Gasteiger partial charge in [-0.2, -0.15) is 0 Å². The molecule has 1 N–H and O–H groups in total. The predicted octanol–water partition coefficient (Wildman–Crippen LogP) is 2.36. The van der Waals surface area contributed by atoms with Crippen LogP contribution in [0.15, 0.2) is 0 Å². The molecule has 0 spiro atoms. The van der Waals surface area contributed by atoms with Gasteiger partial charge in [0, 0.05) is 13.1 Å². The molecule has 1 amide bonds. The van der Waals surface area contributed by atoms with E-state index in [1.165, 1.54) is 12.8 Å². The van der Waals surface area contributed by atoms with Crippen molar-refractivity contribution in [1.82, 2.24) is 10.2 Å². The van der Waals surface area contributed by atoms with Crippen LogP contribution >= 0.6 is 0 Å². The summed E-state index contributed by atoms with van der Waals surface area (Å²) in [6.45, 7) is 9.37. The molecule has 5 nitrogen and oxygen atoms in total. The molecule has 112 valence electrons. The third kappa shape index (κ3) is 5.78. The minimum absolute atomic E-state index is 0.101. The van der Waals surface area contributed by atoms with Crippen LogP contribution in [-0.4, -0.2) is 49.6 Å². The molecule has 19 heavy (non-hydrogen) atoms. The van der Waals surface area contributed by atoms with Gasteiger partial charge in [-0.05, 0) is 19.9 Å². The van der Waals surface area contributed by atoms with Crippen LogP contribution < -0.4 is 5.32 Å². The summed E-state index contributed by atoms with van der Waals surface area (Å²) in [5, 5.41) is 2.79. The monoisotopic (exact) mass is 272 g/mol. The van der Waals surface area contributed by atoms with Crippen molar-refractivity contribution in [2.24, 2.45) is 0 Å². The van der Waals surface area contributed by atoms with E-state index in [4.69, 9.17) is 9.47 Å². The molecule has 1 aliphatic rings. The van der Waals surface area contributed by atoms with E-state index in [1.54, 1.807) is 0 Å². The van der Waals surface area contributed by atoms with Crippen LogP contribution in [-0.2, 0) is 9.47 Å². The van der Waals surface area contributed by atoms with Gasteiger partial charge >= 0.3 is 6.09 Å². The molecule has 1 rings (SSSR count). The highest BCUT2D eigenvalue weighted by molar-refractivity contribution is 5.67. The first-order chi connectivity index (χ1) is 9.19. The highest BCUT2D eigenvalue weighted by Crippen LogP contribution is 2.15. The van der Waals surface area contributed by atoms with E-state index < -0.39 is 0 Å². The number of nitrogens with zero attached hydrogens (tertiary/aromatic N) is 1. The van der Waals surface area contributed by atoms with Gasteiger partial charge < -0.3 is 14.8 Å². The maximum absolute atomic E-state index is 11.6. The summed E-state index contributed by atoms with van der Waals surface area (Å²) < 4.78 is 11.0. The second kappa shape index (κ2) is 9.15. The summed E-state index contributed by atoms with van der Waals surface area (Å²) >= 11 is 0. The van der Waals surface area contributed by atoms with E-state index in [9.17, 15) is 4.79 Å². The summed E-state index contributed by atoms with van der Waals surface area (Å²) in [6.07, 6.45) is 3.91. The van der Waals surface area contributed by atoms with Crippen LogP contribution in [0.4, 0.5) is 4.79 Å². The van der Waals surface area contributed by atoms with Gasteiger partial charge in [-0.3, -0.25) is 4.90 Å². The molecule has 1 aliphatic heterocycles. The average Bonchev–Trinajstić information content (AvgIpc) is 2.86. The number of ether oxygens (including phenoxy) is 2. The zero-order valence-electron chi connectivity index (χ0n) is 12.5. The quantitative estimate of drug-likeness (QED) is 0.689. The average molecular weight is 272 g/mol. The summed E-state index contributed by atoms with van der Waals surface area (Å²) in [7, 11) is 0. The molecule has 1 saturated heterocycles. The van der Waals surface area contributed by atoms with Crippen LogP contribution in [0.25, 0.3) is 0 Å². The Hall–Kier alpha value is -0.810. The highest BCUT2D eigenvalue weighted by Gasteiger charge is 2.31. The number of hydrogen-bond donors (Lipinski definition) is 1. The first-order valence-electron chi connectivity index (χ1n) is 7.49. The van der Waals surface area contributed by atoms with Crippen molar-refractivity contribution in [2.45, 2.75) is 58.8 Å². The number of alkyl carbamates (subject to hydrolysis) is 1. The third-order valence-corrected chi connectivity index (χ3v) is 3.43. The Bertz CT molecular complexity index is 261. The molecule has 1 heterocycles. The van der Waals surface area contributed by atoms with Crippen LogP contribution in [0.2, 0.25) is 0 Å². The fraction of sp³-hybridized carbons (Fsp3) is 0.929. The fourth-order valence-electron chi connectivity index (χ4n) is 2.30. The number of unbranched alkanes of at least 4 members (excludes halogenated alkanes) is 3. The van der Waals surface area contributed by atoms with Gasteiger partial charge in [-0.1, -0.05) is 33.1 Å². The van der Waals surface area contributed by atoms with Crippen molar-refractivity contribution < 1.29 is 14.3 Å². The lowest BCUT2D eigenvalue weighted by Gasteiger charge is -2.26. The van der Waals surface area contributed by atoms with E-state index in [2.05, 4.69) is 24.1 Å². The number of likely N-dealkylation sites (N-methyl/N-ethyl adjacent to an activating group) is 1. The standard InChI is InChI=1S/C14H28N2O3/c1-4-6-7-8-9-15-14(17)19-12(3)13-16(5-2)10-11-18-13/h12-13H,4-11H2,1-3H3,(H,15,17). The number of carbonyl (C=O) groups excluding carboxylic acids is 1. The SMILES string of the molecule is CCCCCCNC(=O)OC(C)C1OCCN1CC. The molecule has 0 aromatic carbocycles. The molecular formula is C14H28N2O3. The van der Waals surface area contributed by atoms with Crippen molar-refractivity contribution in [2.75, 3.05) is 26.2 Å². The van der Waals surface area contributed by atoms with Gasteiger partial charge in [0.2, 0.25) is 0 Å². The molecule has 0 aliphatic carbocycles. The van der Waals surface area contributed by atoms with E-state index in [0.717, 1.165) is 25.9 Å². The lowest BCUT2D eigenvalue weighted by Crippen LogP contribution is -2.42. The van der Waals surface area contributed by atoms with Gasteiger partial charge in [-0.15, -0.1) is 0 Å². The highest BCUT2D eigenvalue weighted by atomic mass is 16.6. The maximum Gasteiger partial charge on any atom is 0.407 e. The molecule has 0 aromatic heterocycles. The molecular weight excluding hydrogens is 244 g/mol. The van der Waals surface area contributed by atoms with Crippen molar-refractivity contribution in [3.63, 3.8) is 0 Å². The number of nitrogens with one attached hydrogen (secondary N) is 1. The fourth-order valence-corrected chi connectivity index (χ4v) is 2.30. The van der Waals surface area contributed by atoms with Crippen molar-refractivity contribution in [1.29, 1.82) is 0 Å².